The van der Waals surface area contributed by atoms with Crippen LogP contribution in [0.2, 0.25) is 0 Å². The molecule has 2 amide bonds. The summed E-state index contributed by atoms with van der Waals surface area (Å²) in [6.45, 7) is 0.223. The maximum absolute atomic E-state index is 12.5. The molecule has 1 atom stereocenters. The van der Waals surface area contributed by atoms with E-state index >= 15 is 0 Å². The van der Waals surface area contributed by atoms with Crippen molar-refractivity contribution in [3.8, 4) is 5.75 Å². The SMILES string of the molecule is COc1ccccc1N1CC(C(=O)NC2(C(=O)O)CCC2)CC1=O. The molecule has 24 heavy (non-hydrogen) atoms. The normalized spacial score (nSPS) is 22.0. The highest BCUT2D eigenvalue weighted by molar-refractivity contribution is 6.02. The Balaban J connectivity index is 1.73. The first-order valence-electron chi connectivity index (χ1n) is 7.95. The van der Waals surface area contributed by atoms with E-state index in [9.17, 15) is 19.5 Å². The van der Waals surface area contributed by atoms with E-state index in [1.807, 2.05) is 0 Å². The first kappa shape index (κ1) is 16.3. The van der Waals surface area contributed by atoms with Crippen LogP contribution < -0.4 is 15.0 Å². The summed E-state index contributed by atoms with van der Waals surface area (Å²) < 4.78 is 5.27. The number of nitrogens with one attached hydrogen (secondary N) is 1. The van der Waals surface area contributed by atoms with Crippen molar-refractivity contribution in [2.75, 3.05) is 18.6 Å². The van der Waals surface area contributed by atoms with Crippen molar-refractivity contribution in [1.29, 1.82) is 0 Å². The van der Waals surface area contributed by atoms with Crippen molar-refractivity contribution in [2.45, 2.75) is 31.2 Å². The Hall–Kier alpha value is -2.57. The fraction of sp³-hybridized carbons (Fsp3) is 0.471. The second kappa shape index (κ2) is 6.14. The number of anilines is 1. The van der Waals surface area contributed by atoms with Crippen molar-refractivity contribution < 1.29 is 24.2 Å². The first-order chi connectivity index (χ1) is 11.5. The Morgan fingerprint density at radius 3 is 2.62 bits per heavy atom. The Kier molecular flexibility index (Phi) is 4.17. The number of benzene rings is 1. The van der Waals surface area contributed by atoms with Crippen molar-refractivity contribution in [1.82, 2.24) is 5.32 Å². The van der Waals surface area contributed by atoms with E-state index in [0.717, 1.165) is 6.42 Å². The van der Waals surface area contributed by atoms with E-state index in [1.165, 1.54) is 12.0 Å². The predicted octanol–water partition coefficient (Wildman–Crippen LogP) is 1.17. The van der Waals surface area contributed by atoms with Gasteiger partial charge in [-0.1, -0.05) is 12.1 Å². The number of para-hydroxylation sites is 2. The molecular weight excluding hydrogens is 312 g/mol. The lowest BCUT2D eigenvalue weighted by Gasteiger charge is -2.38. The lowest BCUT2D eigenvalue weighted by Crippen LogP contribution is -2.60. The quantitative estimate of drug-likeness (QED) is 0.844. The molecule has 128 valence electrons. The molecule has 2 fully saturated rings. The number of carbonyl (C=O) groups excluding carboxylic acids is 2. The summed E-state index contributed by atoms with van der Waals surface area (Å²) in [4.78, 5) is 37.7. The Bertz CT molecular complexity index is 683. The number of methoxy groups -OCH3 is 1. The number of aliphatic carboxylic acids is 1. The fourth-order valence-corrected chi connectivity index (χ4v) is 3.23. The highest BCUT2D eigenvalue weighted by atomic mass is 16.5. The second-order valence-electron chi connectivity index (χ2n) is 6.31. The van der Waals surface area contributed by atoms with Crippen LogP contribution in [0.25, 0.3) is 0 Å². The highest BCUT2D eigenvalue weighted by Crippen LogP contribution is 2.35. The average molecular weight is 332 g/mol. The zero-order valence-electron chi connectivity index (χ0n) is 13.4. The average Bonchev–Trinajstić information content (AvgIpc) is 2.92. The summed E-state index contributed by atoms with van der Waals surface area (Å²) in [5, 5.41) is 12.0. The number of ether oxygens (including phenoxy) is 1. The largest absolute Gasteiger partial charge is 0.495 e. The summed E-state index contributed by atoms with van der Waals surface area (Å²) in [7, 11) is 1.52. The summed E-state index contributed by atoms with van der Waals surface area (Å²) in [6, 6.07) is 7.12. The van der Waals surface area contributed by atoms with Gasteiger partial charge >= 0.3 is 5.97 Å². The number of hydrogen-bond donors (Lipinski definition) is 2. The molecule has 0 aromatic heterocycles. The van der Waals surface area contributed by atoms with Crippen molar-refractivity contribution >= 4 is 23.5 Å². The van der Waals surface area contributed by atoms with Crippen LogP contribution in [0, 0.1) is 5.92 Å². The van der Waals surface area contributed by atoms with Gasteiger partial charge in [0.05, 0.1) is 18.7 Å². The van der Waals surface area contributed by atoms with E-state index in [4.69, 9.17) is 4.74 Å². The van der Waals surface area contributed by atoms with Crippen LogP contribution in [0.15, 0.2) is 24.3 Å². The third-order valence-electron chi connectivity index (χ3n) is 4.85. The Morgan fingerprint density at radius 2 is 2.04 bits per heavy atom. The van der Waals surface area contributed by atoms with Crippen LogP contribution >= 0.6 is 0 Å². The van der Waals surface area contributed by atoms with Gasteiger partial charge in [0.2, 0.25) is 11.8 Å². The van der Waals surface area contributed by atoms with Gasteiger partial charge in [-0.15, -0.1) is 0 Å². The van der Waals surface area contributed by atoms with Crippen LogP contribution in [-0.2, 0) is 14.4 Å². The maximum atomic E-state index is 12.5. The minimum atomic E-state index is -1.15. The first-order valence-corrected chi connectivity index (χ1v) is 7.95. The topological polar surface area (TPSA) is 95.9 Å². The van der Waals surface area contributed by atoms with Crippen LogP contribution in [0.1, 0.15) is 25.7 Å². The van der Waals surface area contributed by atoms with E-state index in [2.05, 4.69) is 5.32 Å². The molecular formula is C17H20N2O5. The number of hydrogen-bond acceptors (Lipinski definition) is 4. The number of carboxylic acid groups (broad SMARTS) is 1. The van der Waals surface area contributed by atoms with Crippen molar-refractivity contribution in [2.24, 2.45) is 5.92 Å². The number of carboxylic acids is 1. The third kappa shape index (κ3) is 2.70. The highest BCUT2D eigenvalue weighted by Gasteiger charge is 2.47. The van der Waals surface area contributed by atoms with E-state index in [1.54, 1.807) is 24.3 Å². The Labute approximate surface area is 139 Å². The summed E-state index contributed by atoms with van der Waals surface area (Å²) in [5.41, 5.74) is -0.533. The van der Waals surface area contributed by atoms with Gasteiger partial charge in [-0.25, -0.2) is 4.79 Å². The molecule has 1 aliphatic carbocycles. The number of rotatable bonds is 5. The van der Waals surface area contributed by atoms with Gasteiger partial charge in [-0.05, 0) is 31.4 Å². The van der Waals surface area contributed by atoms with Gasteiger partial charge in [-0.2, -0.15) is 0 Å². The Morgan fingerprint density at radius 1 is 1.33 bits per heavy atom. The summed E-state index contributed by atoms with van der Waals surface area (Å²) >= 11 is 0. The number of nitrogens with zero attached hydrogens (tertiary/aromatic N) is 1. The second-order valence-corrected chi connectivity index (χ2v) is 6.31. The van der Waals surface area contributed by atoms with Gasteiger partial charge in [-0.3, -0.25) is 9.59 Å². The molecule has 0 radical (unpaired) electrons. The van der Waals surface area contributed by atoms with Gasteiger partial charge in [0, 0.05) is 13.0 Å². The van der Waals surface area contributed by atoms with Crippen LogP contribution in [0.5, 0.6) is 5.75 Å². The van der Waals surface area contributed by atoms with Gasteiger partial charge in [0.1, 0.15) is 11.3 Å². The molecule has 1 heterocycles. The molecule has 2 N–H and O–H groups in total. The van der Waals surface area contributed by atoms with Crippen LogP contribution in [0.3, 0.4) is 0 Å². The molecule has 7 nitrogen and oxygen atoms in total. The van der Waals surface area contributed by atoms with E-state index in [0.29, 0.717) is 24.3 Å². The molecule has 1 aliphatic heterocycles. The fourth-order valence-electron chi connectivity index (χ4n) is 3.23. The molecule has 0 spiro atoms. The third-order valence-corrected chi connectivity index (χ3v) is 4.85. The standard InChI is InChI=1S/C17H20N2O5/c1-24-13-6-3-2-5-12(13)19-10-11(9-14(19)20)15(21)18-17(16(22)23)7-4-8-17/h2-3,5-6,11H,4,7-10H2,1H3,(H,18,21)(H,22,23). The molecule has 0 bridgehead atoms. The molecule has 7 heteroatoms. The van der Waals surface area contributed by atoms with Gasteiger partial charge in [0.25, 0.3) is 0 Å². The summed E-state index contributed by atoms with van der Waals surface area (Å²) in [5.74, 6) is -1.54. The molecule has 1 saturated carbocycles. The molecule has 3 rings (SSSR count). The number of amides is 2. The zero-order chi connectivity index (χ0) is 17.3. The zero-order valence-corrected chi connectivity index (χ0v) is 13.4. The smallest absolute Gasteiger partial charge is 0.329 e. The molecule has 1 unspecified atom stereocenters. The maximum Gasteiger partial charge on any atom is 0.329 e. The van der Waals surface area contributed by atoms with Crippen molar-refractivity contribution in [3.63, 3.8) is 0 Å². The summed E-state index contributed by atoms with van der Waals surface area (Å²) in [6.07, 6.45) is 1.72. The van der Waals surface area contributed by atoms with Crippen LogP contribution in [0.4, 0.5) is 5.69 Å². The molecule has 1 saturated heterocycles. The minimum Gasteiger partial charge on any atom is -0.495 e. The van der Waals surface area contributed by atoms with Gasteiger partial charge in [0.15, 0.2) is 0 Å². The lowest BCUT2D eigenvalue weighted by molar-refractivity contribution is -0.152. The van der Waals surface area contributed by atoms with Crippen molar-refractivity contribution in [3.05, 3.63) is 24.3 Å². The van der Waals surface area contributed by atoms with E-state index < -0.39 is 17.4 Å². The molecule has 1 aromatic carbocycles. The van der Waals surface area contributed by atoms with E-state index in [-0.39, 0.29) is 24.8 Å². The monoisotopic (exact) mass is 332 g/mol. The molecule has 1 aromatic rings. The predicted molar refractivity (Wildman–Crippen MR) is 85.8 cm³/mol. The minimum absolute atomic E-state index is 0.0690. The number of carbonyl (C=O) groups is 3. The van der Waals surface area contributed by atoms with Gasteiger partial charge < -0.3 is 20.1 Å². The van der Waals surface area contributed by atoms with Crippen LogP contribution in [-0.4, -0.2) is 42.1 Å². The lowest BCUT2D eigenvalue weighted by atomic mass is 9.76. The molecule has 2 aliphatic rings.